The van der Waals surface area contributed by atoms with Crippen molar-refractivity contribution in [1.82, 2.24) is 10.7 Å². The van der Waals surface area contributed by atoms with E-state index in [0.717, 1.165) is 68.1 Å². The number of halogens is 8. The maximum atomic E-state index is 14.3. The van der Waals surface area contributed by atoms with Gasteiger partial charge in [0.05, 0.1) is 35.8 Å². The monoisotopic (exact) mass is 828 g/mol. The molecular formula is C36H32BrF7N4O6. The zero-order chi connectivity index (χ0) is 39.1. The summed E-state index contributed by atoms with van der Waals surface area (Å²) in [7, 11) is 0. The Morgan fingerprint density at radius 1 is 0.741 bits per heavy atom. The Kier molecular flexibility index (Phi) is 13.5. The molecule has 2 saturated carbocycles. The minimum Gasteiger partial charge on any atom is -0.394 e. The van der Waals surface area contributed by atoms with Crippen molar-refractivity contribution in [1.29, 1.82) is 0 Å². The van der Waals surface area contributed by atoms with Crippen molar-refractivity contribution in [3.8, 4) is 0 Å². The quantitative estimate of drug-likeness (QED) is 0.0655. The van der Waals surface area contributed by atoms with Crippen LogP contribution in [0.2, 0.25) is 0 Å². The molecule has 0 aliphatic heterocycles. The van der Waals surface area contributed by atoms with Crippen LogP contribution < -0.4 is 16.2 Å². The predicted molar refractivity (Wildman–Crippen MR) is 183 cm³/mol. The number of carbonyl (C=O) groups excluding carboxylic acids is 2. The van der Waals surface area contributed by atoms with Gasteiger partial charge in [0, 0.05) is 16.1 Å². The van der Waals surface area contributed by atoms with Crippen LogP contribution in [0.3, 0.4) is 0 Å². The van der Waals surface area contributed by atoms with E-state index in [4.69, 9.17) is 9.68 Å². The van der Waals surface area contributed by atoms with Gasteiger partial charge in [0.2, 0.25) is 0 Å². The topological polar surface area (TPSA) is 132 Å². The lowest BCUT2D eigenvalue weighted by Gasteiger charge is -2.27. The van der Waals surface area contributed by atoms with Crippen LogP contribution in [0.4, 0.5) is 47.8 Å². The minimum atomic E-state index is -1.33. The SMILES string of the molecule is O=C(NOC(CO)C1CC1)c1ccc(F)c(F)c1Nc1ccc(Br)cc1F.O=C(c1ccc(F)c(F)c1)N(Nc1ccc(F)cc1F)OC(CO)C1CC1. The molecule has 2 amide bonds. The molecule has 0 spiro atoms. The highest BCUT2D eigenvalue weighted by Crippen LogP contribution is 2.36. The lowest BCUT2D eigenvalue weighted by Crippen LogP contribution is -2.41. The van der Waals surface area contributed by atoms with Crippen LogP contribution in [0.5, 0.6) is 0 Å². The van der Waals surface area contributed by atoms with Crippen molar-refractivity contribution in [3.63, 3.8) is 0 Å². The highest BCUT2D eigenvalue weighted by Gasteiger charge is 2.35. The summed E-state index contributed by atoms with van der Waals surface area (Å²) in [6, 6.07) is 10.9. The van der Waals surface area contributed by atoms with Crippen molar-refractivity contribution >= 4 is 44.8 Å². The van der Waals surface area contributed by atoms with Crippen molar-refractivity contribution in [3.05, 3.63) is 123 Å². The molecule has 4 aromatic carbocycles. The second-order valence-corrected chi connectivity index (χ2v) is 13.2. The van der Waals surface area contributed by atoms with Crippen molar-refractivity contribution in [2.75, 3.05) is 24.0 Å². The second kappa shape index (κ2) is 18.1. The van der Waals surface area contributed by atoms with Crippen molar-refractivity contribution < 1.29 is 60.2 Å². The van der Waals surface area contributed by atoms with Gasteiger partial charge in [-0.05, 0) is 98.2 Å². The smallest absolute Gasteiger partial charge is 0.297 e. The number of hydrazine groups is 1. The van der Waals surface area contributed by atoms with Gasteiger partial charge in [-0.25, -0.2) is 41.1 Å². The number of amides is 2. The van der Waals surface area contributed by atoms with Gasteiger partial charge in [-0.15, -0.1) is 5.17 Å². The van der Waals surface area contributed by atoms with Crippen LogP contribution >= 0.6 is 15.9 Å². The Labute approximate surface area is 311 Å². The molecule has 6 rings (SSSR count). The fraction of sp³-hybridized carbons (Fsp3) is 0.278. The minimum absolute atomic E-state index is 0.00937. The van der Waals surface area contributed by atoms with Crippen LogP contribution in [-0.4, -0.2) is 52.6 Å². The molecule has 2 unspecified atom stereocenters. The van der Waals surface area contributed by atoms with Gasteiger partial charge >= 0.3 is 0 Å². The highest BCUT2D eigenvalue weighted by atomic mass is 79.9. The molecule has 2 fully saturated rings. The molecule has 2 aliphatic rings. The first kappa shape index (κ1) is 40.4. The lowest BCUT2D eigenvalue weighted by molar-refractivity contribution is -0.167. The Hall–Kier alpha value is -4.75. The molecule has 54 heavy (non-hydrogen) atoms. The number of hydrogen-bond donors (Lipinski definition) is 5. The largest absolute Gasteiger partial charge is 0.394 e. The van der Waals surface area contributed by atoms with E-state index in [1.165, 1.54) is 12.1 Å². The zero-order valence-electron chi connectivity index (χ0n) is 27.9. The molecule has 2 atom stereocenters. The van der Waals surface area contributed by atoms with E-state index in [-0.39, 0.29) is 40.9 Å². The number of benzene rings is 4. The third-order valence-corrected chi connectivity index (χ3v) is 8.73. The Bertz CT molecular complexity index is 1990. The number of aliphatic hydroxyl groups is 2. The highest BCUT2D eigenvalue weighted by molar-refractivity contribution is 9.10. The number of carbonyl (C=O) groups is 2. The van der Waals surface area contributed by atoms with Gasteiger partial charge in [0.25, 0.3) is 11.8 Å². The summed E-state index contributed by atoms with van der Waals surface area (Å²) in [5.41, 5.74) is 3.01. The number of anilines is 3. The molecule has 0 saturated heterocycles. The summed E-state index contributed by atoms with van der Waals surface area (Å²) in [6.07, 6.45) is 1.99. The molecule has 18 heteroatoms. The molecule has 0 radical (unpaired) electrons. The molecular weight excluding hydrogens is 797 g/mol. The maximum absolute atomic E-state index is 14.3. The summed E-state index contributed by atoms with van der Waals surface area (Å²) < 4.78 is 96.0. The van der Waals surface area contributed by atoms with E-state index in [1.54, 1.807) is 0 Å². The second-order valence-electron chi connectivity index (χ2n) is 12.3. The molecule has 288 valence electrons. The number of nitrogens with one attached hydrogen (secondary N) is 3. The summed E-state index contributed by atoms with van der Waals surface area (Å²) >= 11 is 3.10. The Balaban J connectivity index is 0.000000208. The Morgan fingerprint density at radius 2 is 1.37 bits per heavy atom. The summed E-state index contributed by atoms with van der Waals surface area (Å²) in [5.74, 6) is -9.07. The summed E-state index contributed by atoms with van der Waals surface area (Å²) in [6.45, 7) is -0.683. The average Bonchev–Trinajstić information content (AvgIpc) is 4.08. The van der Waals surface area contributed by atoms with Gasteiger partial charge in [-0.1, -0.05) is 15.9 Å². The van der Waals surface area contributed by atoms with Gasteiger partial charge in [-0.2, -0.15) is 0 Å². The van der Waals surface area contributed by atoms with E-state index in [1.807, 2.05) is 0 Å². The first-order valence-corrected chi connectivity index (χ1v) is 17.1. The third kappa shape index (κ3) is 10.5. The van der Waals surface area contributed by atoms with Crippen LogP contribution in [-0.2, 0) is 9.68 Å². The lowest BCUT2D eigenvalue weighted by atomic mass is 10.1. The van der Waals surface area contributed by atoms with E-state index < -0.39 is 77.0 Å². The van der Waals surface area contributed by atoms with Gasteiger partial charge in [0.15, 0.2) is 29.1 Å². The van der Waals surface area contributed by atoms with Gasteiger partial charge < -0.3 is 15.5 Å². The summed E-state index contributed by atoms with van der Waals surface area (Å²) in [4.78, 5) is 35.6. The fourth-order valence-corrected chi connectivity index (χ4v) is 5.29. The van der Waals surface area contributed by atoms with Crippen LogP contribution in [0.15, 0.2) is 71.2 Å². The van der Waals surface area contributed by atoms with Crippen LogP contribution in [0.25, 0.3) is 0 Å². The third-order valence-electron chi connectivity index (χ3n) is 8.23. The molecule has 0 aromatic heterocycles. The average molecular weight is 830 g/mol. The maximum Gasteiger partial charge on any atom is 0.297 e. The normalized spacial score (nSPS) is 14.7. The van der Waals surface area contributed by atoms with Gasteiger partial charge in [-0.3, -0.25) is 19.9 Å². The number of hydrogen-bond acceptors (Lipinski definition) is 8. The molecule has 4 aromatic rings. The van der Waals surface area contributed by atoms with Crippen molar-refractivity contribution in [2.24, 2.45) is 11.8 Å². The standard InChI is InChI=1S/C18H16BrF3N2O3.C18H16F4N2O3/c19-10-3-6-14(13(21)7-10)23-17-11(4-5-12(20)16(17)22)18(26)24-27-15(8-25)9-1-2-9;19-12-4-6-16(15(22)8-12)23-24(27-17(9-25)10-1-2-10)18(26)11-3-5-13(20)14(21)7-11/h3-7,9,15,23,25H,1-2,8H2,(H,24,26);3-8,10,17,23,25H,1-2,9H2. The number of aliphatic hydroxyl groups excluding tert-OH is 2. The fourth-order valence-electron chi connectivity index (χ4n) is 4.96. The number of rotatable bonds is 14. The molecule has 10 nitrogen and oxygen atoms in total. The predicted octanol–water partition coefficient (Wildman–Crippen LogP) is 7.46. The van der Waals surface area contributed by atoms with E-state index >= 15 is 0 Å². The van der Waals surface area contributed by atoms with E-state index in [0.29, 0.717) is 21.8 Å². The first-order chi connectivity index (χ1) is 25.8. The van der Waals surface area contributed by atoms with E-state index in [9.17, 15) is 50.5 Å². The number of hydroxylamine groups is 2. The molecule has 2 aliphatic carbocycles. The van der Waals surface area contributed by atoms with E-state index in [2.05, 4.69) is 32.2 Å². The van der Waals surface area contributed by atoms with Crippen LogP contribution in [0.1, 0.15) is 46.4 Å². The molecule has 0 heterocycles. The van der Waals surface area contributed by atoms with Crippen molar-refractivity contribution in [2.45, 2.75) is 37.9 Å². The van der Waals surface area contributed by atoms with Crippen LogP contribution in [0, 0.1) is 52.6 Å². The zero-order valence-corrected chi connectivity index (χ0v) is 29.5. The summed E-state index contributed by atoms with van der Waals surface area (Å²) in [5, 5.41) is 21.7. The number of nitrogens with zero attached hydrogens (tertiary/aromatic N) is 1. The molecule has 5 N–H and O–H groups in total. The Morgan fingerprint density at radius 3 is 1.98 bits per heavy atom. The van der Waals surface area contributed by atoms with Gasteiger partial charge in [0.1, 0.15) is 23.8 Å². The first-order valence-electron chi connectivity index (χ1n) is 16.3. The molecule has 0 bridgehead atoms.